The van der Waals surface area contributed by atoms with Crippen LogP contribution in [0.1, 0.15) is 30.3 Å². The Labute approximate surface area is 161 Å². The molecule has 25 heavy (non-hydrogen) atoms. The van der Waals surface area contributed by atoms with Crippen molar-refractivity contribution in [2.75, 3.05) is 13.7 Å². The molecule has 1 saturated heterocycles. The van der Waals surface area contributed by atoms with Crippen LogP contribution in [-0.2, 0) is 0 Å². The fourth-order valence-corrected chi connectivity index (χ4v) is 5.17. The Morgan fingerprint density at radius 1 is 1.24 bits per heavy atom. The van der Waals surface area contributed by atoms with Gasteiger partial charge in [-0.25, -0.2) is 0 Å². The molecule has 0 bridgehead atoms. The smallest absolute Gasteiger partial charge is 0.160 e. The van der Waals surface area contributed by atoms with Gasteiger partial charge in [-0.05, 0) is 29.8 Å². The van der Waals surface area contributed by atoms with Gasteiger partial charge in [-0.2, -0.15) is 0 Å². The molecular weight excluding hydrogens is 377 g/mol. The molecule has 7 heteroatoms. The number of rotatable bonds is 3. The number of fused-ring (bicyclic) bond motifs is 1. The number of amidine groups is 1. The molecular formula is C18H17Cl2N3OS. The van der Waals surface area contributed by atoms with Crippen molar-refractivity contribution >= 4 is 40.1 Å². The second-order valence-electron chi connectivity index (χ2n) is 6.15. The summed E-state index contributed by atoms with van der Waals surface area (Å²) in [4.78, 5) is 11.8. The first-order valence-electron chi connectivity index (χ1n) is 8.03. The van der Waals surface area contributed by atoms with Crippen molar-refractivity contribution in [1.82, 2.24) is 9.88 Å². The Morgan fingerprint density at radius 3 is 2.64 bits per heavy atom. The van der Waals surface area contributed by atoms with Crippen molar-refractivity contribution in [3.8, 4) is 5.75 Å². The molecule has 2 aliphatic rings. The number of aliphatic imine (C=N–C) groups is 1. The maximum Gasteiger partial charge on any atom is 0.160 e. The molecule has 1 aromatic heterocycles. The Balaban J connectivity index is 1.80. The van der Waals surface area contributed by atoms with Gasteiger partial charge in [-0.15, -0.1) is 0 Å². The molecule has 0 saturated carbocycles. The first-order chi connectivity index (χ1) is 12.1. The van der Waals surface area contributed by atoms with E-state index in [1.807, 2.05) is 30.3 Å². The average molecular weight is 394 g/mol. The summed E-state index contributed by atoms with van der Waals surface area (Å²) in [6, 6.07) is 9.75. The molecule has 0 spiro atoms. The van der Waals surface area contributed by atoms with E-state index in [-0.39, 0.29) is 12.1 Å². The van der Waals surface area contributed by atoms with E-state index in [4.69, 9.17) is 32.9 Å². The lowest BCUT2D eigenvalue weighted by molar-refractivity contribution is 0.321. The highest BCUT2D eigenvalue weighted by molar-refractivity contribution is 8.14. The van der Waals surface area contributed by atoms with Gasteiger partial charge in [0.25, 0.3) is 0 Å². The fraction of sp³-hybridized carbons (Fsp3) is 0.333. The Morgan fingerprint density at radius 2 is 2.00 bits per heavy atom. The second kappa shape index (κ2) is 6.71. The van der Waals surface area contributed by atoms with Gasteiger partial charge in [-0.3, -0.25) is 9.98 Å². The van der Waals surface area contributed by atoms with E-state index in [9.17, 15) is 0 Å². The van der Waals surface area contributed by atoms with Gasteiger partial charge in [0.15, 0.2) is 10.9 Å². The molecule has 0 amide bonds. The summed E-state index contributed by atoms with van der Waals surface area (Å²) < 4.78 is 5.29. The zero-order chi connectivity index (χ0) is 17.6. The molecule has 3 unspecified atom stereocenters. The maximum absolute atomic E-state index is 6.39. The molecule has 3 heterocycles. The second-order valence-corrected chi connectivity index (χ2v) is 8.37. The predicted octanol–water partition coefficient (Wildman–Crippen LogP) is 4.99. The van der Waals surface area contributed by atoms with E-state index in [1.165, 1.54) is 0 Å². The average Bonchev–Trinajstić information content (AvgIpc) is 3.11. The van der Waals surface area contributed by atoms with Crippen molar-refractivity contribution in [2.45, 2.75) is 24.3 Å². The minimum atomic E-state index is -0.0725. The topological polar surface area (TPSA) is 37.7 Å². The number of benzene rings is 1. The summed E-state index contributed by atoms with van der Waals surface area (Å²) in [6.45, 7) is 3.16. The summed E-state index contributed by atoms with van der Waals surface area (Å²) >= 11 is 14.6. The number of hydrogen-bond acceptors (Lipinski definition) is 5. The lowest BCUT2D eigenvalue weighted by Gasteiger charge is -2.28. The predicted molar refractivity (Wildman–Crippen MR) is 104 cm³/mol. The first kappa shape index (κ1) is 17.0. The number of thioether (sulfide) groups is 1. The van der Waals surface area contributed by atoms with Crippen LogP contribution in [0.3, 0.4) is 0 Å². The van der Waals surface area contributed by atoms with Crippen LogP contribution in [0.4, 0.5) is 0 Å². The van der Waals surface area contributed by atoms with Crippen LogP contribution >= 0.6 is 35.0 Å². The summed E-state index contributed by atoms with van der Waals surface area (Å²) in [5.41, 5.74) is 1.98. The van der Waals surface area contributed by atoms with Crippen LogP contribution in [0.25, 0.3) is 0 Å². The normalized spacial score (nSPS) is 25.0. The van der Waals surface area contributed by atoms with E-state index in [2.05, 4.69) is 16.8 Å². The molecule has 4 nitrogen and oxygen atoms in total. The molecule has 4 rings (SSSR count). The van der Waals surface area contributed by atoms with Crippen LogP contribution in [0.5, 0.6) is 5.75 Å². The molecule has 0 aliphatic carbocycles. The van der Waals surface area contributed by atoms with Crippen LogP contribution in [-0.4, -0.2) is 34.0 Å². The van der Waals surface area contributed by atoms with Crippen molar-refractivity contribution < 1.29 is 4.74 Å². The highest BCUT2D eigenvalue weighted by atomic mass is 35.5. The number of hydrogen-bond donors (Lipinski definition) is 0. The molecule has 0 radical (unpaired) electrons. The molecule has 0 N–H and O–H groups in total. The summed E-state index contributed by atoms with van der Waals surface area (Å²) in [7, 11) is 1.57. The summed E-state index contributed by atoms with van der Waals surface area (Å²) in [5.74, 6) is 0.504. The minimum Gasteiger partial charge on any atom is -0.494 e. The standard InChI is InChI=1S/C18H17Cl2N3OS/c1-10-9-23-16(11-7-12(19)17(24-2)13(20)8-11)15(22-18(23)25-10)14-5-3-4-6-21-14/h3-8,10,15-16H,9H2,1-2H3. The highest BCUT2D eigenvalue weighted by Crippen LogP contribution is 2.49. The van der Waals surface area contributed by atoms with Crippen molar-refractivity contribution in [3.63, 3.8) is 0 Å². The quantitative estimate of drug-likeness (QED) is 0.736. The third kappa shape index (κ3) is 2.98. The number of ether oxygens (including phenoxy) is 1. The monoisotopic (exact) mass is 393 g/mol. The van der Waals surface area contributed by atoms with E-state index >= 15 is 0 Å². The molecule has 130 valence electrons. The van der Waals surface area contributed by atoms with Gasteiger partial charge in [-0.1, -0.05) is 48.0 Å². The van der Waals surface area contributed by atoms with E-state index in [0.717, 1.165) is 23.0 Å². The zero-order valence-corrected chi connectivity index (χ0v) is 16.1. The first-order valence-corrected chi connectivity index (χ1v) is 9.67. The minimum absolute atomic E-state index is 0.0308. The Hall–Kier alpha value is -1.43. The van der Waals surface area contributed by atoms with E-state index in [0.29, 0.717) is 21.0 Å². The van der Waals surface area contributed by atoms with Crippen LogP contribution in [0.15, 0.2) is 41.5 Å². The van der Waals surface area contributed by atoms with E-state index in [1.54, 1.807) is 25.1 Å². The zero-order valence-electron chi connectivity index (χ0n) is 13.8. The van der Waals surface area contributed by atoms with Gasteiger partial charge in [0.1, 0.15) is 6.04 Å². The van der Waals surface area contributed by atoms with Gasteiger partial charge in [0.05, 0.1) is 28.9 Å². The SMILES string of the molecule is COc1c(Cl)cc(C2C(c3ccccn3)N=C3SC(C)CN32)cc1Cl. The largest absolute Gasteiger partial charge is 0.494 e. The van der Waals surface area contributed by atoms with Gasteiger partial charge >= 0.3 is 0 Å². The van der Waals surface area contributed by atoms with Gasteiger partial charge in [0.2, 0.25) is 0 Å². The number of methoxy groups -OCH3 is 1. The van der Waals surface area contributed by atoms with Crippen LogP contribution in [0, 0.1) is 0 Å². The fourth-order valence-electron chi connectivity index (χ4n) is 3.42. The third-order valence-electron chi connectivity index (χ3n) is 4.45. The van der Waals surface area contributed by atoms with Crippen molar-refractivity contribution in [1.29, 1.82) is 0 Å². The third-order valence-corrected chi connectivity index (χ3v) is 6.11. The molecule has 2 aromatic rings. The Kier molecular flexibility index (Phi) is 4.56. The number of nitrogens with zero attached hydrogens (tertiary/aromatic N) is 3. The maximum atomic E-state index is 6.39. The van der Waals surface area contributed by atoms with Crippen LogP contribution in [0.2, 0.25) is 10.0 Å². The van der Waals surface area contributed by atoms with Crippen molar-refractivity contribution in [3.05, 3.63) is 57.8 Å². The molecule has 1 aromatic carbocycles. The summed E-state index contributed by atoms with van der Waals surface area (Å²) in [5, 5.41) is 2.60. The molecule has 1 fully saturated rings. The van der Waals surface area contributed by atoms with Gasteiger partial charge in [0, 0.05) is 18.0 Å². The van der Waals surface area contributed by atoms with Gasteiger partial charge < -0.3 is 9.64 Å². The number of halogens is 2. The Bertz CT molecular complexity index is 807. The van der Waals surface area contributed by atoms with Crippen LogP contribution < -0.4 is 4.74 Å². The number of aromatic nitrogens is 1. The lowest BCUT2D eigenvalue weighted by Crippen LogP contribution is -2.28. The highest BCUT2D eigenvalue weighted by Gasteiger charge is 2.43. The molecule has 2 aliphatic heterocycles. The van der Waals surface area contributed by atoms with E-state index < -0.39 is 0 Å². The molecule has 3 atom stereocenters. The number of pyridine rings is 1. The van der Waals surface area contributed by atoms with Crippen molar-refractivity contribution in [2.24, 2.45) is 4.99 Å². The summed E-state index contributed by atoms with van der Waals surface area (Å²) in [6.07, 6.45) is 1.81. The lowest BCUT2D eigenvalue weighted by atomic mass is 9.96.